The van der Waals surface area contributed by atoms with Crippen molar-refractivity contribution >= 4 is 0 Å². The van der Waals surface area contributed by atoms with Gasteiger partial charge in [0.25, 0.3) is 0 Å². The minimum atomic E-state index is 0.252. The molecule has 1 heteroatoms. The van der Waals surface area contributed by atoms with Crippen LogP contribution in [0.1, 0.15) is 47.5 Å². The molecular weight excluding hydrogens is 206 g/mol. The third-order valence-electron chi connectivity index (χ3n) is 3.80. The average Bonchev–Trinajstić information content (AvgIpc) is 2.45. The fourth-order valence-corrected chi connectivity index (χ4v) is 2.80. The van der Waals surface area contributed by atoms with Gasteiger partial charge in [0.05, 0.1) is 6.04 Å². The van der Waals surface area contributed by atoms with E-state index in [1.807, 2.05) is 0 Å². The molecule has 0 radical (unpaired) electrons. The van der Waals surface area contributed by atoms with Gasteiger partial charge in [-0.15, -0.1) is 0 Å². The standard InChI is InChI=1S/C16H27N/c1-9-15(11(2)3)17-12(4)10-14(13(17)5)16(6,7)8/h14-15H,2,4-5,9-10H2,1,3,6-8H3. The number of allylic oxidation sites excluding steroid dienone is 2. The van der Waals surface area contributed by atoms with Gasteiger partial charge in [0.1, 0.15) is 0 Å². The molecule has 2 atom stereocenters. The van der Waals surface area contributed by atoms with E-state index in [0.29, 0.717) is 12.0 Å². The summed E-state index contributed by atoms with van der Waals surface area (Å²) in [5, 5.41) is 0. The molecular formula is C16H27N. The molecule has 1 aliphatic rings. The summed E-state index contributed by atoms with van der Waals surface area (Å²) < 4.78 is 0. The molecule has 96 valence electrons. The van der Waals surface area contributed by atoms with Gasteiger partial charge < -0.3 is 4.90 Å². The topological polar surface area (TPSA) is 3.24 Å². The number of likely N-dealkylation sites (tertiary alicyclic amines) is 1. The molecule has 0 aromatic heterocycles. The number of hydrogen-bond acceptors (Lipinski definition) is 1. The van der Waals surface area contributed by atoms with Gasteiger partial charge in [-0.1, -0.05) is 53.0 Å². The van der Waals surface area contributed by atoms with Crippen LogP contribution >= 0.6 is 0 Å². The largest absolute Gasteiger partial charge is 0.342 e. The fraction of sp³-hybridized carbons (Fsp3) is 0.625. The van der Waals surface area contributed by atoms with Crippen molar-refractivity contribution in [1.29, 1.82) is 0 Å². The van der Waals surface area contributed by atoms with E-state index in [-0.39, 0.29) is 5.41 Å². The maximum absolute atomic E-state index is 4.31. The molecule has 1 aliphatic heterocycles. The third-order valence-corrected chi connectivity index (χ3v) is 3.80. The molecule has 0 N–H and O–H groups in total. The predicted octanol–water partition coefficient (Wildman–Crippen LogP) is 4.74. The number of nitrogens with zero attached hydrogens (tertiary/aromatic N) is 1. The SMILES string of the molecule is C=C(C)C(CC)N1C(=C)CC(C(C)(C)C)C1=C. The lowest BCUT2D eigenvalue weighted by molar-refractivity contribution is 0.268. The third kappa shape index (κ3) is 2.65. The van der Waals surface area contributed by atoms with Gasteiger partial charge >= 0.3 is 0 Å². The first kappa shape index (κ1) is 14.1. The summed E-state index contributed by atoms with van der Waals surface area (Å²) in [6.45, 7) is 23.8. The highest BCUT2D eigenvalue weighted by atomic mass is 15.2. The smallest absolute Gasteiger partial charge is 0.0536 e. The van der Waals surface area contributed by atoms with E-state index in [9.17, 15) is 0 Å². The molecule has 0 aliphatic carbocycles. The maximum Gasteiger partial charge on any atom is 0.0536 e. The summed E-state index contributed by atoms with van der Waals surface area (Å²) in [4.78, 5) is 2.32. The van der Waals surface area contributed by atoms with Gasteiger partial charge in [0.2, 0.25) is 0 Å². The van der Waals surface area contributed by atoms with Gasteiger partial charge in [-0.25, -0.2) is 0 Å². The summed E-state index contributed by atoms with van der Waals surface area (Å²) in [5.74, 6) is 0.503. The van der Waals surface area contributed by atoms with E-state index in [1.54, 1.807) is 0 Å². The Balaban J connectivity index is 3.01. The van der Waals surface area contributed by atoms with E-state index in [0.717, 1.165) is 12.8 Å². The van der Waals surface area contributed by atoms with Crippen LogP contribution in [-0.2, 0) is 0 Å². The average molecular weight is 233 g/mol. The van der Waals surface area contributed by atoms with E-state index < -0.39 is 0 Å². The molecule has 0 spiro atoms. The van der Waals surface area contributed by atoms with Crippen molar-refractivity contribution in [3.63, 3.8) is 0 Å². The van der Waals surface area contributed by atoms with Crippen LogP contribution in [0.15, 0.2) is 36.7 Å². The van der Waals surface area contributed by atoms with Crippen LogP contribution in [0.3, 0.4) is 0 Å². The second-order valence-corrected chi connectivity index (χ2v) is 6.32. The second kappa shape index (κ2) is 4.72. The molecule has 1 rings (SSSR count). The van der Waals surface area contributed by atoms with E-state index in [1.165, 1.54) is 17.0 Å². The molecule has 1 heterocycles. The Morgan fingerprint density at radius 2 is 1.94 bits per heavy atom. The van der Waals surface area contributed by atoms with Crippen LogP contribution in [0.2, 0.25) is 0 Å². The molecule has 0 bridgehead atoms. The first-order valence-corrected chi connectivity index (χ1v) is 6.51. The highest BCUT2D eigenvalue weighted by Crippen LogP contribution is 2.46. The quantitative estimate of drug-likeness (QED) is 0.637. The van der Waals surface area contributed by atoms with Crippen molar-refractivity contribution in [3.8, 4) is 0 Å². The van der Waals surface area contributed by atoms with Crippen molar-refractivity contribution in [3.05, 3.63) is 36.7 Å². The summed E-state index contributed by atoms with van der Waals surface area (Å²) in [5.41, 5.74) is 3.87. The Morgan fingerprint density at radius 3 is 2.24 bits per heavy atom. The van der Waals surface area contributed by atoms with Gasteiger partial charge in [-0.2, -0.15) is 0 Å². The van der Waals surface area contributed by atoms with E-state index >= 15 is 0 Å². The predicted molar refractivity (Wildman–Crippen MR) is 76.6 cm³/mol. The summed E-state index contributed by atoms with van der Waals surface area (Å²) >= 11 is 0. The Morgan fingerprint density at radius 1 is 1.41 bits per heavy atom. The van der Waals surface area contributed by atoms with Gasteiger partial charge in [0.15, 0.2) is 0 Å². The first-order chi connectivity index (χ1) is 7.70. The summed E-state index contributed by atoms with van der Waals surface area (Å²) in [6, 6.07) is 0.363. The zero-order chi connectivity index (χ0) is 13.4. The Bertz CT molecular complexity index is 343. The van der Waals surface area contributed by atoms with Gasteiger partial charge in [0, 0.05) is 17.3 Å². The zero-order valence-electron chi connectivity index (χ0n) is 12.1. The number of rotatable bonds is 3. The normalized spacial score (nSPS) is 23.1. The van der Waals surface area contributed by atoms with Crippen LogP contribution in [0, 0.1) is 11.3 Å². The van der Waals surface area contributed by atoms with E-state index in [4.69, 9.17) is 0 Å². The molecule has 17 heavy (non-hydrogen) atoms. The van der Waals surface area contributed by atoms with Crippen molar-refractivity contribution in [1.82, 2.24) is 4.90 Å². The van der Waals surface area contributed by atoms with Crippen LogP contribution in [0.5, 0.6) is 0 Å². The molecule has 1 nitrogen and oxygen atoms in total. The Kier molecular flexibility index (Phi) is 3.91. The van der Waals surface area contributed by atoms with Crippen LogP contribution in [0.25, 0.3) is 0 Å². The lowest BCUT2D eigenvalue weighted by Crippen LogP contribution is -2.32. The van der Waals surface area contributed by atoms with Gasteiger partial charge in [-0.3, -0.25) is 0 Å². The number of hydrogen-bond donors (Lipinski definition) is 0. The minimum absolute atomic E-state index is 0.252. The molecule has 2 unspecified atom stereocenters. The van der Waals surface area contributed by atoms with E-state index in [2.05, 4.69) is 59.3 Å². The van der Waals surface area contributed by atoms with Crippen molar-refractivity contribution in [2.75, 3.05) is 0 Å². The molecule has 0 aromatic carbocycles. The molecule has 0 saturated carbocycles. The molecule has 0 aromatic rings. The fourth-order valence-electron chi connectivity index (χ4n) is 2.80. The molecule has 0 amide bonds. The zero-order valence-corrected chi connectivity index (χ0v) is 12.1. The van der Waals surface area contributed by atoms with Crippen molar-refractivity contribution in [2.45, 2.75) is 53.5 Å². The lowest BCUT2D eigenvalue weighted by atomic mass is 9.78. The summed E-state index contributed by atoms with van der Waals surface area (Å²) in [6.07, 6.45) is 2.09. The minimum Gasteiger partial charge on any atom is -0.342 e. The Labute approximate surface area is 107 Å². The highest BCUT2D eigenvalue weighted by molar-refractivity contribution is 5.26. The summed E-state index contributed by atoms with van der Waals surface area (Å²) in [7, 11) is 0. The highest BCUT2D eigenvalue weighted by Gasteiger charge is 2.39. The van der Waals surface area contributed by atoms with Crippen molar-refractivity contribution in [2.24, 2.45) is 11.3 Å². The molecule has 1 saturated heterocycles. The Hall–Kier alpha value is -0.980. The maximum atomic E-state index is 4.31. The second-order valence-electron chi connectivity index (χ2n) is 6.32. The monoisotopic (exact) mass is 233 g/mol. The molecule has 1 fully saturated rings. The van der Waals surface area contributed by atoms with Gasteiger partial charge in [-0.05, 0) is 25.2 Å². The van der Waals surface area contributed by atoms with Crippen LogP contribution < -0.4 is 0 Å². The first-order valence-electron chi connectivity index (χ1n) is 6.51. The van der Waals surface area contributed by atoms with Crippen molar-refractivity contribution < 1.29 is 0 Å². The lowest BCUT2D eigenvalue weighted by Gasteiger charge is -2.34. The van der Waals surface area contributed by atoms with Crippen LogP contribution in [-0.4, -0.2) is 10.9 Å². The van der Waals surface area contributed by atoms with Crippen LogP contribution in [0.4, 0.5) is 0 Å².